The summed E-state index contributed by atoms with van der Waals surface area (Å²) in [6.45, 7) is 2.26. The average molecular weight is 490 g/mol. The number of hydrogen-bond acceptors (Lipinski definition) is 1. The number of carboxylic acids is 1. The third-order valence-electron chi connectivity index (χ3n) is 3.65. The maximum atomic E-state index is 10.3. The number of carboxylic acid groups (broad SMARTS) is 1. The van der Waals surface area contributed by atoms with E-state index in [1.54, 1.807) is 0 Å². The summed E-state index contributed by atoms with van der Waals surface area (Å²) >= 11 is 0. The van der Waals surface area contributed by atoms with E-state index >= 15 is 0 Å². The Balaban J connectivity index is 0. The van der Waals surface area contributed by atoms with Gasteiger partial charge in [-0.1, -0.05) is 70.4 Å². The van der Waals surface area contributed by atoms with Crippen LogP contribution in [0.25, 0.3) is 0 Å². The second kappa shape index (κ2) is 20.1. The predicted octanol–water partition coefficient (Wildman–Crippen LogP) is 5.73. The first-order chi connectivity index (χ1) is 9.77. The molecule has 1 N–H and O–H groups in total. The number of hydrogen-bond donors (Lipinski definition) is 1. The minimum absolute atomic E-state index is 0. The first-order valence-electron chi connectivity index (χ1n) is 8.64. The molecule has 0 saturated carbocycles. The summed E-state index contributed by atoms with van der Waals surface area (Å²) in [6, 6.07) is 0. The molecule has 0 aromatic carbocycles. The van der Waals surface area contributed by atoms with Crippen molar-refractivity contribution in [2.75, 3.05) is 0 Å². The molecule has 0 amide bonds. The van der Waals surface area contributed by atoms with E-state index in [0.717, 1.165) is 12.8 Å². The van der Waals surface area contributed by atoms with Crippen molar-refractivity contribution in [3.05, 3.63) is 12.2 Å². The Morgan fingerprint density at radius 3 is 1.67 bits per heavy atom. The first kappa shape index (κ1) is 23.4. The summed E-state index contributed by atoms with van der Waals surface area (Å²) < 4.78 is 0. The van der Waals surface area contributed by atoms with Crippen molar-refractivity contribution in [1.29, 1.82) is 0 Å². The molecule has 0 aromatic rings. The maximum absolute atomic E-state index is 10.3. The Kier molecular flexibility index (Phi) is 22.4. The minimum Gasteiger partial charge on any atom is -0.481 e. The van der Waals surface area contributed by atoms with E-state index in [2.05, 4.69) is 19.1 Å². The largest absolute Gasteiger partial charge is 0.481 e. The fourth-order valence-corrected chi connectivity index (χ4v) is 2.35. The van der Waals surface area contributed by atoms with Crippen LogP contribution in [0.3, 0.4) is 0 Å². The Morgan fingerprint density at radius 2 is 1.19 bits per heavy atom. The molecule has 0 aliphatic heterocycles. The topological polar surface area (TPSA) is 37.3 Å². The van der Waals surface area contributed by atoms with Crippen LogP contribution in [-0.4, -0.2) is 38.4 Å². The molecule has 2 nitrogen and oxygen atoms in total. The van der Waals surface area contributed by atoms with Gasteiger partial charge in [0.25, 0.3) is 0 Å². The molecule has 0 atom stereocenters. The standard InChI is InChI=1S/C18H34O2.Pb/c1-2-3-4-5-6-7-8-9-10-11-12-13-14-15-16-17-18(19)20;/h9-10H,2-8,11-17H2,1H3,(H,19,20);. The molecular formula is C18H34O2Pb. The zero-order valence-corrected chi connectivity index (χ0v) is 17.8. The van der Waals surface area contributed by atoms with Crippen LogP contribution in [0.1, 0.15) is 96.8 Å². The third kappa shape index (κ3) is 22.6. The summed E-state index contributed by atoms with van der Waals surface area (Å²) in [5.74, 6) is -0.664. The Bertz CT molecular complexity index is 239. The van der Waals surface area contributed by atoms with Crippen LogP contribution in [-0.2, 0) is 4.79 Å². The van der Waals surface area contributed by atoms with E-state index in [4.69, 9.17) is 5.11 Å². The second-order valence-electron chi connectivity index (χ2n) is 5.73. The van der Waals surface area contributed by atoms with Crippen molar-refractivity contribution in [1.82, 2.24) is 0 Å². The van der Waals surface area contributed by atoms with E-state index in [-0.39, 0.29) is 27.3 Å². The molecule has 122 valence electrons. The molecule has 0 unspecified atom stereocenters. The Hall–Kier alpha value is 0.132. The van der Waals surface area contributed by atoms with Gasteiger partial charge >= 0.3 is 5.97 Å². The number of allylic oxidation sites excluding steroid dienone is 2. The molecule has 0 bridgehead atoms. The maximum Gasteiger partial charge on any atom is 0.303 e. The SMILES string of the molecule is CCCCCCCCC=CCCCCCCCC(=O)O.[Pb]. The predicted molar refractivity (Wildman–Crippen MR) is 92.8 cm³/mol. The fourth-order valence-electron chi connectivity index (χ4n) is 2.35. The second-order valence-corrected chi connectivity index (χ2v) is 5.73. The van der Waals surface area contributed by atoms with E-state index in [1.807, 2.05) is 0 Å². The van der Waals surface area contributed by atoms with Crippen molar-refractivity contribution in [3.8, 4) is 0 Å². The minimum atomic E-state index is -0.664. The third-order valence-corrected chi connectivity index (χ3v) is 3.65. The molecule has 0 aromatic heterocycles. The van der Waals surface area contributed by atoms with E-state index in [0.29, 0.717) is 6.42 Å². The molecule has 0 heterocycles. The van der Waals surface area contributed by atoms with Crippen LogP contribution in [0.2, 0.25) is 0 Å². The first-order valence-corrected chi connectivity index (χ1v) is 8.64. The monoisotopic (exact) mass is 490 g/mol. The summed E-state index contributed by atoms with van der Waals surface area (Å²) in [4.78, 5) is 10.3. The zero-order chi connectivity index (χ0) is 14.9. The van der Waals surface area contributed by atoms with Gasteiger partial charge in [0, 0.05) is 33.7 Å². The van der Waals surface area contributed by atoms with Gasteiger partial charge in [0.1, 0.15) is 0 Å². The zero-order valence-electron chi connectivity index (χ0n) is 13.9. The van der Waals surface area contributed by atoms with Crippen LogP contribution in [0.5, 0.6) is 0 Å². The van der Waals surface area contributed by atoms with Gasteiger partial charge in [-0.2, -0.15) is 0 Å². The van der Waals surface area contributed by atoms with Gasteiger partial charge in [0.15, 0.2) is 0 Å². The van der Waals surface area contributed by atoms with Crippen LogP contribution >= 0.6 is 0 Å². The smallest absolute Gasteiger partial charge is 0.303 e. The number of unbranched alkanes of at least 4 members (excludes halogenated alkanes) is 11. The van der Waals surface area contributed by atoms with Gasteiger partial charge in [0.2, 0.25) is 0 Å². The van der Waals surface area contributed by atoms with Gasteiger partial charge in [-0.05, 0) is 32.1 Å². The molecule has 0 fully saturated rings. The summed E-state index contributed by atoms with van der Waals surface area (Å²) in [5.41, 5.74) is 0. The normalized spacial score (nSPS) is 10.7. The Labute approximate surface area is 151 Å². The summed E-state index contributed by atoms with van der Waals surface area (Å²) in [7, 11) is 0. The molecule has 21 heavy (non-hydrogen) atoms. The fraction of sp³-hybridized carbons (Fsp3) is 0.833. The van der Waals surface area contributed by atoms with Gasteiger partial charge in [-0.15, -0.1) is 0 Å². The van der Waals surface area contributed by atoms with Crippen molar-refractivity contribution in [2.24, 2.45) is 0 Å². The van der Waals surface area contributed by atoms with Crippen LogP contribution in [0.4, 0.5) is 0 Å². The van der Waals surface area contributed by atoms with Crippen molar-refractivity contribution >= 4 is 33.3 Å². The number of carbonyl (C=O) groups is 1. The molecular weight excluding hydrogens is 455 g/mol. The van der Waals surface area contributed by atoms with E-state index in [1.165, 1.54) is 70.6 Å². The molecule has 0 aliphatic carbocycles. The number of rotatable bonds is 15. The van der Waals surface area contributed by atoms with Crippen molar-refractivity contribution in [2.45, 2.75) is 96.8 Å². The van der Waals surface area contributed by atoms with E-state index < -0.39 is 5.97 Å². The van der Waals surface area contributed by atoms with Gasteiger partial charge in [0.05, 0.1) is 0 Å². The molecule has 3 heteroatoms. The van der Waals surface area contributed by atoms with Crippen molar-refractivity contribution in [3.63, 3.8) is 0 Å². The molecule has 4 radical (unpaired) electrons. The quantitative estimate of drug-likeness (QED) is 0.181. The van der Waals surface area contributed by atoms with E-state index in [9.17, 15) is 4.79 Å². The molecule has 0 saturated heterocycles. The van der Waals surface area contributed by atoms with Crippen molar-refractivity contribution < 1.29 is 9.90 Å². The molecule has 0 aliphatic rings. The molecule has 0 rings (SSSR count). The van der Waals surface area contributed by atoms with Crippen LogP contribution in [0, 0.1) is 0 Å². The number of aliphatic carboxylic acids is 1. The van der Waals surface area contributed by atoms with Gasteiger partial charge in [-0.25, -0.2) is 0 Å². The van der Waals surface area contributed by atoms with Gasteiger partial charge in [-0.3, -0.25) is 4.79 Å². The molecule has 0 spiro atoms. The Morgan fingerprint density at radius 1 is 0.762 bits per heavy atom. The average Bonchev–Trinajstić information content (AvgIpc) is 2.43. The van der Waals surface area contributed by atoms with Crippen LogP contribution < -0.4 is 0 Å². The summed E-state index contributed by atoms with van der Waals surface area (Å²) in [5, 5.41) is 8.51. The van der Waals surface area contributed by atoms with Crippen LogP contribution in [0.15, 0.2) is 12.2 Å². The van der Waals surface area contributed by atoms with Gasteiger partial charge < -0.3 is 5.11 Å². The summed E-state index contributed by atoms with van der Waals surface area (Å²) in [6.07, 6.45) is 21.2.